The van der Waals surface area contributed by atoms with Crippen molar-refractivity contribution >= 4 is 23.9 Å². The third-order valence-electron chi connectivity index (χ3n) is 4.21. The first-order valence-corrected chi connectivity index (χ1v) is 7.90. The van der Waals surface area contributed by atoms with Crippen LogP contribution < -0.4 is 16.0 Å². The van der Waals surface area contributed by atoms with Gasteiger partial charge in [0.2, 0.25) is 5.91 Å². The summed E-state index contributed by atoms with van der Waals surface area (Å²) in [5, 5.41) is 6.80. The third kappa shape index (κ3) is 3.35. The lowest BCUT2D eigenvalue weighted by Gasteiger charge is -2.22. The topological polar surface area (TPSA) is 108 Å². The van der Waals surface area contributed by atoms with Gasteiger partial charge in [-0.25, -0.2) is 18.4 Å². The second-order valence-electron chi connectivity index (χ2n) is 6.37. The Morgan fingerprint density at radius 2 is 2.00 bits per heavy atom. The summed E-state index contributed by atoms with van der Waals surface area (Å²) in [5.41, 5.74) is -2.22. The normalized spacial score (nSPS) is 22.2. The van der Waals surface area contributed by atoms with E-state index in [4.69, 9.17) is 0 Å². The van der Waals surface area contributed by atoms with Crippen molar-refractivity contribution in [1.82, 2.24) is 20.9 Å². The molecule has 1 aromatic carbocycles. The maximum absolute atomic E-state index is 14.0. The molecule has 1 aliphatic carbocycles. The van der Waals surface area contributed by atoms with Crippen molar-refractivity contribution in [3.63, 3.8) is 0 Å². The molecule has 3 rings (SSSR count). The van der Waals surface area contributed by atoms with Gasteiger partial charge in [0, 0.05) is 11.6 Å². The number of nitrogens with one attached hydrogen (secondary N) is 3. The Kier molecular flexibility index (Phi) is 4.34. The highest BCUT2D eigenvalue weighted by Gasteiger charge is 2.51. The van der Waals surface area contributed by atoms with Gasteiger partial charge in [-0.05, 0) is 38.0 Å². The largest absolute Gasteiger partial charge is 0.335 e. The standard InChI is InChI=1S/C16H16F2N4O4/c1-16(10-6-8(17)2-5-11(10)18)13(24)22(15(26)21-16)7-12(23)20-14(25)19-9-3-4-9/h2,5-6,9H,3-4,7H2,1H3,(H,21,26)(H2,19,20,23,25). The van der Waals surface area contributed by atoms with Gasteiger partial charge in [-0.15, -0.1) is 0 Å². The fourth-order valence-corrected chi connectivity index (χ4v) is 2.66. The summed E-state index contributed by atoms with van der Waals surface area (Å²) in [7, 11) is 0. The van der Waals surface area contributed by atoms with E-state index in [0.29, 0.717) is 4.90 Å². The molecule has 2 fully saturated rings. The molecule has 1 saturated heterocycles. The highest BCUT2D eigenvalue weighted by molar-refractivity contribution is 6.10. The van der Waals surface area contributed by atoms with Gasteiger partial charge in [-0.3, -0.25) is 19.8 Å². The molecular weight excluding hydrogens is 350 g/mol. The minimum atomic E-state index is -1.86. The van der Waals surface area contributed by atoms with Crippen LogP contribution in [0.1, 0.15) is 25.3 Å². The van der Waals surface area contributed by atoms with Gasteiger partial charge in [0.15, 0.2) is 0 Å². The number of carbonyl (C=O) groups is 4. The maximum Gasteiger partial charge on any atom is 0.325 e. The highest BCUT2D eigenvalue weighted by atomic mass is 19.1. The molecular formula is C16H16F2N4O4. The molecule has 0 aromatic heterocycles. The van der Waals surface area contributed by atoms with Crippen LogP contribution in [-0.2, 0) is 15.1 Å². The van der Waals surface area contributed by atoms with Crippen molar-refractivity contribution < 1.29 is 28.0 Å². The van der Waals surface area contributed by atoms with E-state index in [1.165, 1.54) is 6.92 Å². The van der Waals surface area contributed by atoms with E-state index in [0.717, 1.165) is 31.0 Å². The molecule has 8 nitrogen and oxygen atoms in total. The molecule has 0 radical (unpaired) electrons. The number of benzene rings is 1. The molecule has 1 aliphatic heterocycles. The summed E-state index contributed by atoms with van der Waals surface area (Å²) in [5.74, 6) is -3.46. The molecule has 138 valence electrons. The summed E-state index contributed by atoms with van der Waals surface area (Å²) < 4.78 is 27.5. The van der Waals surface area contributed by atoms with Crippen LogP contribution in [0.4, 0.5) is 18.4 Å². The monoisotopic (exact) mass is 366 g/mol. The number of carbonyl (C=O) groups excluding carboxylic acids is 4. The Balaban J connectivity index is 1.72. The lowest BCUT2D eigenvalue weighted by molar-refractivity contribution is -0.134. The van der Waals surface area contributed by atoms with Crippen LogP contribution in [0, 0.1) is 11.6 Å². The lowest BCUT2D eigenvalue weighted by atomic mass is 9.91. The summed E-state index contributed by atoms with van der Waals surface area (Å²) in [6.07, 6.45) is 1.65. The van der Waals surface area contributed by atoms with Crippen molar-refractivity contribution in [2.24, 2.45) is 0 Å². The van der Waals surface area contributed by atoms with Crippen LogP contribution in [-0.4, -0.2) is 41.4 Å². The highest BCUT2D eigenvalue weighted by Crippen LogP contribution is 2.31. The van der Waals surface area contributed by atoms with Gasteiger partial charge >= 0.3 is 12.1 Å². The molecule has 1 aromatic rings. The molecule has 26 heavy (non-hydrogen) atoms. The summed E-state index contributed by atoms with van der Waals surface area (Å²) >= 11 is 0. The number of nitrogens with zero attached hydrogens (tertiary/aromatic N) is 1. The number of imide groups is 2. The smallest absolute Gasteiger partial charge is 0.325 e. The molecule has 1 unspecified atom stereocenters. The molecule has 1 atom stereocenters. The van der Waals surface area contributed by atoms with Crippen LogP contribution in [0.15, 0.2) is 18.2 Å². The van der Waals surface area contributed by atoms with Crippen LogP contribution in [0.3, 0.4) is 0 Å². The second kappa shape index (κ2) is 6.36. The van der Waals surface area contributed by atoms with Crippen LogP contribution >= 0.6 is 0 Å². The predicted molar refractivity (Wildman–Crippen MR) is 83.7 cm³/mol. The van der Waals surface area contributed by atoms with Crippen LogP contribution in [0.2, 0.25) is 0 Å². The molecule has 2 aliphatic rings. The van der Waals surface area contributed by atoms with Gasteiger partial charge < -0.3 is 10.6 Å². The Morgan fingerprint density at radius 1 is 1.31 bits per heavy atom. The van der Waals surface area contributed by atoms with E-state index in [9.17, 15) is 28.0 Å². The average molecular weight is 366 g/mol. The van der Waals surface area contributed by atoms with E-state index in [1.54, 1.807) is 0 Å². The molecule has 10 heteroatoms. The number of hydrogen-bond donors (Lipinski definition) is 3. The van der Waals surface area contributed by atoms with Crippen LogP contribution in [0.5, 0.6) is 0 Å². The zero-order chi connectivity index (χ0) is 19.1. The van der Waals surface area contributed by atoms with E-state index in [-0.39, 0.29) is 11.6 Å². The number of halogens is 2. The Hall–Kier alpha value is -3.04. The molecule has 0 bridgehead atoms. The molecule has 1 saturated carbocycles. The van der Waals surface area contributed by atoms with Gasteiger partial charge in [-0.1, -0.05) is 0 Å². The maximum atomic E-state index is 14.0. The van der Waals surface area contributed by atoms with Crippen molar-refractivity contribution in [3.05, 3.63) is 35.4 Å². The predicted octanol–water partition coefficient (Wildman–Crippen LogP) is 0.720. The number of amides is 6. The van der Waals surface area contributed by atoms with E-state index >= 15 is 0 Å². The zero-order valence-corrected chi connectivity index (χ0v) is 13.8. The molecule has 3 N–H and O–H groups in total. The Bertz CT molecular complexity index is 811. The molecule has 0 spiro atoms. The Morgan fingerprint density at radius 3 is 2.65 bits per heavy atom. The quantitative estimate of drug-likeness (QED) is 0.683. The van der Waals surface area contributed by atoms with E-state index in [2.05, 4.69) is 10.6 Å². The second-order valence-corrected chi connectivity index (χ2v) is 6.37. The average Bonchev–Trinajstić information content (AvgIpc) is 3.33. The number of hydrogen-bond acceptors (Lipinski definition) is 4. The van der Waals surface area contributed by atoms with E-state index in [1.807, 2.05) is 5.32 Å². The van der Waals surface area contributed by atoms with Gasteiger partial charge in [0.25, 0.3) is 5.91 Å². The first kappa shape index (κ1) is 17.8. The van der Waals surface area contributed by atoms with E-state index < -0.39 is 47.6 Å². The van der Waals surface area contributed by atoms with Crippen LogP contribution in [0.25, 0.3) is 0 Å². The first-order chi connectivity index (χ1) is 12.2. The third-order valence-corrected chi connectivity index (χ3v) is 4.21. The fourth-order valence-electron chi connectivity index (χ4n) is 2.66. The SMILES string of the molecule is CC1(c2cc(F)ccc2F)NC(=O)N(CC(=O)NC(=O)NC2CC2)C1=O. The molecule has 1 heterocycles. The fraction of sp³-hybridized carbons (Fsp3) is 0.375. The minimum Gasteiger partial charge on any atom is -0.335 e. The molecule has 6 amide bonds. The zero-order valence-electron chi connectivity index (χ0n) is 13.8. The first-order valence-electron chi connectivity index (χ1n) is 7.90. The van der Waals surface area contributed by atoms with Crippen molar-refractivity contribution in [2.75, 3.05) is 6.54 Å². The summed E-state index contributed by atoms with van der Waals surface area (Å²) in [6, 6.07) is 0.890. The number of urea groups is 2. The van der Waals surface area contributed by atoms with Crippen molar-refractivity contribution in [1.29, 1.82) is 0 Å². The lowest BCUT2D eigenvalue weighted by Crippen LogP contribution is -2.47. The van der Waals surface area contributed by atoms with Crippen molar-refractivity contribution in [3.8, 4) is 0 Å². The van der Waals surface area contributed by atoms with Gasteiger partial charge in [0.05, 0.1) is 0 Å². The summed E-state index contributed by atoms with van der Waals surface area (Å²) in [4.78, 5) is 48.6. The number of rotatable bonds is 4. The van der Waals surface area contributed by atoms with Gasteiger partial charge in [0.1, 0.15) is 23.7 Å². The summed E-state index contributed by atoms with van der Waals surface area (Å²) in [6.45, 7) is 0.484. The minimum absolute atomic E-state index is 0.0266. The Labute approximate surface area is 146 Å². The van der Waals surface area contributed by atoms with Gasteiger partial charge in [-0.2, -0.15) is 0 Å². The van der Waals surface area contributed by atoms with Crippen molar-refractivity contribution in [2.45, 2.75) is 31.3 Å².